The molecular weight excluding hydrogens is 178 g/mol. The highest BCUT2D eigenvalue weighted by molar-refractivity contribution is 4.72. The highest BCUT2D eigenvalue weighted by Gasteiger charge is 2.18. The fourth-order valence-corrected chi connectivity index (χ4v) is 1.90. The van der Waals surface area contributed by atoms with Crippen molar-refractivity contribution < 1.29 is 9.84 Å². The summed E-state index contributed by atoms with van der Waals surface area (Å²) in [6.07, 6.45) is 5.23. The van der Waals surface area contributed by atoms with E-state index in [2.05, 4.69) is 11.8 Å². The van der Waals surface area contributed by atoms with E-state index in [0.29, 0.717) is 12.7 Å². The molecule has 0 atom stereocenters. The zero-order chi connectivity index (χ0) is 10.2. The van der Waals surface area contributed by atoms with Gasteiger partial charge in [0.2, 0.25) is 0 Å². The molecule has 0 saturated carbocycles. The van der Waals surface area contributed by atoms with Crippen LogP contribution in [0.2, 0.25) is 0 Å². The van der Waals surface area contributed by atoms with Gasteiger partial charge in [0.15, 0.2) is 0 Å². The van der Waals surface area contributed by atoms with E-state index in [1.165, 1.54) is 19.4 Å². The van der Waals surface area contributed by atoms with E-state index >= 15 is 0 Å². The van der Waals surface area contributed by atoms with Crippen molar-refractivity contribution in [2.75, 3.05) is 32.8 Å². The van der Waals surface area contributed by atoms with Gasteiger partial charge in [-0.15, -0.1) is 0 Å². The van der Waals surface area contributed by atoms with Crippen molar-refractivity contribution in [2.24, 2.45) is 0 Å². The standard InChI is InChI=1S/C11H23NO2/c1-2-3-6-12-7-4-11(5-8-12)14-10-9-13/h11,13H,2-10H2,1H3. The summed E-state index contributed by atoms with van der Waals surface area (Å²) in [7, 11) is 0. The number of aliphatic hydroxyl groups excluding tert-OH is 1. The summed E-state index contributed by atoms with van der Waals surface area (Å²) in [6.45, 7) is 6.45. The summed E-state index contributed by atoms with van der Waals surface area (Å²) in [4.78, 5) is 2.52. The molecule has 0 aliphatic carbocycles. The van der Waals surface area contributed by atoms with Gasteiger partial charge in [-0.3, -0.25) is 0 Å². The molecule has 1 aliphatic heterocycles. The molecule has 1 saturated heterocycles. The highest BCUT2D eigenvalue weighted by atomic mass is 16.5. The summed E-state index contributed by atoms with van der Waals surface area (Å²) in [5.41, 5.74) is 0. The molecule has 0 aromatic carbocycles. The SMILES string of the molecule is CCCCN1CCC(OCCO)CC1. The topological polar surface area (TPSA) is 32.7 Å². The van der Waals surface area contributed by atoms with Crippen molar-refractivity contribution in [1.82, 2.24) is 4.90 Å². The van der Waals surface area contributed by atoms with Crippen LogP contribution >= 0.6 is 0 Å². The number of rotatable bonds is 6. The molecule has 14 heavy (non-hydrogen) atoms. The normalized spacial score (nSPS) is 20.1. The van der Waals surface area contributed by atoms with Crippen molar-refractivity contribution in [2.45, 2.75) is 38.7 Å². The maximum Gasteiger partial charge on any atom is 0.0701 e. The van der Waals surface area contributed by atoms with Crippen LogP contribution < -0.4 is 0 Å². The highest BCUT2D eigenvalue weighted by Crippen LogP contribution is 2.13. The van der Waals surface area contributed by atoms with Gasteiger partial charge in [0.25, 0.3) is 0 Å². The third-order valence-electron chi connectivity index (χ3n) is 2.81. The van der Waals surface area contributed by atoms with Crippen molar-refractivity contribution in [3.05, 3.63) is 0 Å². The maximum atomic E-state index is 8.63. The Labute approximate surface area is 87.1 Å². The lowest BCUT2D eigenvalue weighted by Gasteiger charge is -2.31. The molecule has 0 radical (unpaired) electrons. The van der Waals surface area contributed by atoms with E-state index in [9.17, 15) is 0 Å². The first-order valence-corrected chi connectivity index (χ1v) is 5.81. The minimum Gasteiger partial charge on any atom is -0.394 e. The molecule has 84 valence electrons. The first-order valence-electron chi connectivity index (χ1n) is 5.81. The van der Waals surface area contributed by atoms with Crippen LogP contribution in [-0.2, 0) is 4.74 Å². The van der Waals surface area contributed by atoms with Gasteiger partial charge in [0.05, 0.1) is 19.3 Å². The van der Waals surface area contributed by atoms with Crippen molar-refractivity contribution in [3.63, 3.8) is 0 Å². The third kappa shape index (κ3) is 4.40. The largest absolute Gasteiger partial charge is 0.394 e. The minimum absolute atomic E-state index is 0.149. The van der Waals surface area contributed by atoms with Gasteiger partial charge < -0.3 is 14.7 Å². The van der Waals surface area contributed by atoms with Crippen LogP contribution in [0.1, 0.15) is 32.6 Å². The molecule has 1 rings (SSSR count). The van der Waals surface area contributed by atoms with Crippen LogP contribution in [0.5, 0.6) is 0 Å². The second-order valence-corrected chi connectivity index (χ2v) is 3.99. The summed E-state index contributed by atoms with van der Waals surface area (Å²) in [5, 5.41) is 8.63. The summed E-state index contributed by atoms with van der Waals surface area (Å²) >= 11 is 0. The Morgan fingerprint density at radius 2 is 2.07 bits per heavy atom. The monoisotopic (exact) mass is 201 g/mol. The van der Waals surface area contributed by atoms with E-state index in [-0.39, 0.29) is 6.61 Å². The summed E-state index contributed by atoms with van der Waals surface area (Å²) in [6, 6.07) is 0. The van der Waals surface area contributed by atoms with Gasteiger partial charge in [0, 0.05) is 13.1 Å². The predicted octanol–water partition coefficient (Wildman–Crippen LogP) is 1.26. The lowest BCUT2D eigenvalue weighted by Crippen LogP contribution is -2.37. The maximum absolute atomic E-state index is 8.63. The Morgan fingerprint density at radius 3 is 2.64 bits per heavy atom. The fraction of sp³-hybridized carbons (Fsp3) is 1.00. The van der Waals surface area contributed by atoms with Gasteiger partial charge in [0.1, 0.15) is 0 Å². The zero-order valence-corrected chi connectivity index (χ0v) is 9.24. The first kappa shape index (κ1) is 12.0. The van der Waals surface area contributed by atoms with Gasteiger partial charge >= 0.3 is 0 Å². The van der Waals surface area contributed by atoms with Crippen LogP contribution in [0.4, 0.5) is 0 Å². The van der Waals surface area contributed by atoms with E-state index in [4.69, 9.17) is 9.84 Å². The average molecular weight is 201 g/mol. The molecule has 3 heteroatoms. The molecule has 0 aromatic rings. The smallest absolute Gasteiger partial charge is 0.0701 e. The lowest BCUT2D eigenvalue weighted by molar-refractivity contribution is -0.00781. The third-order valence-corrected chi connectivity index (χ3v) is 2.81. The van der Waals surface area contributed by atoms with Crippen LogP contribution in [0.15, 0.2) is 0 Å². The van der Waals surface area contributed by atoms with E-state index in [1.54, 1.807) is 0 Å². The van der Waals surface area contributed by atoms with Gasteiger partial charge in [-0.05, 0) is 25.8 Å². The number of piperidine rings is 1. The van der Waals surface area contributed by atoms with Gasteiger partial charge in [-0.25, -0.2) is 0 Å². The molecular formula is C11H23NO2. The van der Waals surface area contributed by atoms with Crippen LogP contribution in [0, 0.1) is 0 Å². The quantitative estimate of drug-likeness (QED) is 0.702. The zero-order valence-electron chi connectivity index (χ0n) is 9.24. The van der Waals surface area contributed by atoms with Crippen LogP contribution in [-0.4, -0.2) is 49.0 Å². The van der Waals surface area contributed by atoms with Gasteiger partial charge in [-0.1, -0.05) is 13.3 Å². The molecule has 0 spiro atoms. The molecule has 0 aromatic heterocycles. The van der Waals surface area contributed by atoms with Crippen molar-refractivity contribution in [1.29, 1.82) is 0 Å². The molecule has 3 nitrogen and oxygen atoms in total. The number of hydrogen-bond acceptors (Lipinski definition) is 3. The number of ether oxygens (including phenoxy) is 1. The Morgan fingerprint density at radius 1 is 1.36 bits per heavy atom. The Bertz CT molecular complexity index is 117. The Hall–Kier alpha value is -0.120. The van der Waals surface area contributed by atoms with Crippen LogP contribution in [0.3, 0.4) is 0 Å². The van der Waals surface area contributed by atoms with Crippen molar-refractivity contribution in [3.8, 4) is 0 Å². The molecule has 1 fully saturated rings. The molecule has 1 heterocycles. The molecule has 1 aliphatic rings. The number of likely N-dealkylation sites (tertiary alicyclic amines) is 1. The van der Waals surface area contributed by atoms with Gasteiger partial charge in [-0.2, -0.15) is 0 Å². The molecule has 1 N–H and O–H groups in total. The fourth-order valence-electron chi connectivity index (χ4n) is 1.90. The number of aliphatic hydroxyl groups is 1. The second kappa shape index (κ2) is 7.21. The van der Waals surface area contributed by atoms with E-state index < -0.39 is 0 Å². The Kier molecular flexibility index (Phi) is 6.15. The Balaban J connectivity index is 2.05. The van der Waals surface area contributed by atoms with E-state index in [0.717, 1.165) is 25.9 Å². The second-order valence-electron chi connectivity index (χ2n) is 3.99. The molecule has 0 unspecified atom stereocenters. The lowest BCUT2D eigenvalue weighted by atomic mass is 10.1. The summed E-state index contributed by atoms with van der Waals surface area (Å²) in [5.74, 6) is 0. The predicted molar refractivity (Wildman–Crippen MR) is 57.4 cm³/mol. The van der Waals surface area contributed by atoms with Crippen LogP contribution in [0.25, 0.3) is 0 Å². The summed E-state index contributed by atoms with van der Waals surface area (Å²) < 4.78 is 5.51. The minimum atomic E-state index is 0.149. The van der Waals surface area contributed by atoms with Crippen molar-refractivity contribution >= 4 is 0 Å². The number of nitrogens with zero attached hydrogens (tertiary/aromatic N) is 1. The first-order chi connectivity index (χ1) is 6.86. The van der Waals surface area contributed by atoms with E-state index in [1.807, 2.05) is 0 Å². The molecule has 0 bridgehead atoms. The number of hydrogen-bond donors (Lipinski definition) is 1. The average Bonchev–Trinajstić information content (AvgIpc) is 2.25. The molecule has 0 amide bonds. The number of unbranched alkanes of at least 4 members (excludes halogenated alkanes) is 1.